The van der Waals surface area contributed by atoms with E-state index in [-0.39, 0.29) is 15.8 Å². The Hall–Kier alpha value is -1.17. The van der Waals surface area contributed by atoms with Crippen molar-refractivity contribution < 1.29 is 9.13 Å². The Labute approximate surface area is 128 Å². The van der Waals surface area contributed by atoms with Crippen molar-refractivity contribution in [1.82, 2.24) is 0 Å². The molecule has 2 rings (SSSR count). The summed E-state index contributed by atoms with van der Waals surface area (Å²) in [5.41, 5.74) is 6.15. The van der Waals surface area contributed by atoms with Crippen molar-refractivity contribution in [3.63, 3.8) is 0 Å². The summed E-state index contributed by atoms with van der Waals surface area (Å²) in [6, 6.07) is 9.68. The van der Waals surface area contributed by atoms with Gasteiger partial charge >= 0.3 is 0 Å². The molecule has 0 aliphatic heterocycles. The summed E-state index contributed by atoms with van der Waals surface area (Å²) in [5, 5.41) is -0.00984. The van der Waals surface area contributed by atoms with E-state index in [1.54, 1.807) is 24.3 Å². The van der Waals surface area contributed by atoms with Gasteiger partial charge in [-0.1, -0.05) is 36.0 Å². The maximum absolute atomic E-state index is 13.8. The second-order valence-electron chi connectivity index (χ2n) is 3.63. The van der Waals surface area contributed by atoms with Gasteiger partial charge in [0.15, 0.2) is 11.6 Å². The van der Waals surface area contributed by atoms with E-state index in [2.05, 4.69) is 15.9 Å². The third-order valence-corrected chi connectivity index (χ3v) is 3.51. The Morgan fingerprint density at radius 1 is 1.21 bits per heavy atom. The summed E-state index contributed by atoms with van der Waals surface area (Å²) in [5.74, 6) is -0.246. The van der Waals surface area contributed by atoms with Crippen molar-refractivity contribution in [2.45, 2.75) is 0 Å². The third kappa shape index (κ3) is 3.05. The number of thiocarbonyl (C=S) groups is 1. The van der Waals surface area contributed by atoms with Gasteiger partial charge in [0.25, 0.3) is 0 Å². The van der Waals surface area contributed by atoms with Crippen LogP contribution in [0.2, 0.25) is 5.02 Å². The highest BCUT2D eigenvalue weighted by Crippen LogP contribution is 2.33. The summed E-state index contributed by atoms with van der Waals surface area (Å²) in [6.45, 7) is 0. The number of ether oxygens (including phenoxy) is 1. The second-order valence-corrected chi connectivity index (χ2v) is 5.33. The molecule has 2 aromatic carbocycles. The van der Waals surface area contributed by atoms with Gasteiger partial charge in [0.05, 0.1) is 10.6 Å². The first-order valence-electron chi connectivity index (χ1n) is 5.21. The summed E-state index contributed by atoms with van der Waals surface area (Å²) in [6.07, 6.45) is 0. The van der Waals surface area contributed by atoms with Crippen LogP contribution < -0.4 is 10.5 Å². The van der Waals surface area contributed by atoms with Crippen LogP contribution in [0, 0.1) is 5.82 Å². The van der Waals surface area contributed by atoms with Gasteiger partial charge in [0, 0.05) is 4.47 Å². The Morgan fingerprint density at radius 3 is 2.53 bits per heavy atom. The molecule has 0 atom stereocenters. The SMILES string of the molecule is NC(=S)c1c(Br)cccc1Oc1cccc(Cl)c1F. The molecule has 0 amide bonds. The zero-order chi connectivity index (χ0) is 14.0. The van der Waals surface area contributed by atoms with Crippen LogP contribution in [0.1, 0.15) is 5.56 Å². The van der Waals surface area contributed by atoms with Gasteiger partial charge in [-0.25, -0.2) is 4.39 Å². The van der Waals surface area contributed by atoms with Crippen LogP contribution in [0.5, 0.6) is 11.5 Å². The lowest BCUT2D eigenvalue weighted by atomic mass is 10.2. The Kier molecular flexibility index (Phi) is 4.39. The number of halogens is 3. The van der Waals surface area contributed by atoms with Gasteiger partial charge < -0.3 is 10.5 Å². The standard InChI is InChI=1S/C13H8BrClFNOS/c14-7-3-1-5-9(11(7)13(17)19)18-10-6-2-4-8(15)12(10)16/h1-6H,(H2,17,19). The fourth-order valence-electron chi connectivity index (χ4n) is 1.51. The molecule has 0 heterocycles. The van der Waals surface area contributed by atoms with Crippen LogP contribution in [0.15, 0.2) is 40.9 Å². The fraction of sp³-hybridized carbons (Fsp3) is 0. The third-order valence-electron chi connectivity index (χ3n) is 2.36. The van der Waals surface area contributed by atoms with E-state index >= 15 is 0 Å². The van der Waals surface area contributed by atoms with E-state index in [1.165, 1.54) is 12.1 Å². The van der Waals surface area contributed by atoms with Crippen LogP contribution in [-0.4, -0.2) is 4.99 Å². The van der Waals surface area contributed by atoms with Gasteiger partial charge in [-0.05, 0) is 40.2 Å². The highest BCUT2D eigenvalue weighted by molar-refractivity contribution is 9.10. The van der Waals surface area contributed by atoms with Crippen LogP contribution in [0.4, 0.5) is 4.39 Å². The largest absolute Gasteiger partial charge is 0.453 e. The van der Waals surface area contributed by atoms with E-state index in [9.17, 15) is 4.39 Å². The molecule has 2 nitrogen and oxygen atoms in total. The molecule has 0 aliphatic carbocycles. The average Bonchev–Trinajstić information content (AvgIpc) is 2.34. The molecule has 0 spiro atoms. The fourth-order valence-corrected chi connectivity index (χ4v) is 2.58. The Morgan fingerprint density at radius 2 is 1.84 bits per heavy atom. The summed E-state index contributed by atoms with van der Waals surface area (Å²) in [7, 11) is 0. The number of hydrogen-bond donors (Lipinski definition) is 1. The predicted octanol–water partition coefficient (Wildman–Crippen LogP) is 4.67. The lowest BCUT2D eigenvalue weighted by molar-refractivity contribution is 0.441. The van der Waals surface area contributed by atoms with Crippen molar-refractivity contribution >= 4 is 44.7 Å². The molecule has 0 saturated carbocycles. The van der Waals surface area contributed by atoms with Crippen molar-refractivity contribution in [2.24, 2.45) is 5.73 Å². The maximum Gasteiger partial charge on any atom is 0.184 e. The molecule has 2 aromatic rings. The van der Waals surface area contributed by atoms with Gasteiger partial charge in [0.1, 0.15) is 10.7 Å². The zero-order valence-electron chi connectivity index (χ0n) is 9.49. The minimum Gasteiger partial charge on any atom is -0.453 e. The molecule has 0 unspecified atom stereocenters. The monoisotopic (exact) mass is 359 g/mol. The minimum absolute atomic E-state index is 0.00984. The molecule has 0 radical (unpaired) electrons. The highest BCUT2D eigenvalue weighted by atomic mass is 79.9. The molecule has 19 heavy (non-hydrogen) atoms. The number of benzene rings is 2. The Balaban J connectivity index is 2.47. The van der Waals surface area contributed by atoms with Crippen molar-refractivity contribution in [3.8, 4) is 11.5 Å². The number of hydrogen-bond acceptors (Lipinski definition) is 2. The van der Waals surface area contributed by atoms with E-state index in [0.717, 1.165) is 0 Å². The molecule has 0 saturated heterocycles. The van der Waals surface area contributed by atoms with Gasteiger partial charge in [0.2, 0.25) is 0 Å². The van der Waals surface area contributed by atoms with Gasteiger partial charge in [-0.3, -0.25) is 0 Å². The van der Waals surface area contributed by atoms with Crippen LogP contribution >= 0.6 is 39.7 Å². The highest BCUT2D eigenvalue weighted by Gasteiger charge is 2.14. The first kappa shape index (κ1) is 14.2. The van der Waals surface area contributed by atoms with Crippen LogP contribution in [-0.2, 0) is 0 Å². The number of nitrogens with two attached hydrogens (primary N) is 1. The minimum atomic E-state index is -0.627. The van der Waals surface area contributed by atoms with Crippen molar-refractivity contribution in [2.75, 3.05) is 0 Å². The molecule has 0 bridgehead atoms. The molecular formula is C13H8BrClFNOS. The molecule has 0 fully saturated rings. The molecule has 6 heteroatoms. The van der Waals surface area contributed by atoms with E-state index in [0.29, 0.717) is 15.8 Å². The van der Waals surface area contributed by atoms with E-state index in [1.807, 2.05) is 0 Å². The molecule has 0 aliphatic rings. The van der Waals surface area contributed by atoms with Crippen molar-refractivity contribution in [1.29, 1.82) is 0 Å². The zero-order valence-corrected chi connectivity index (χ0v) is 12.7. The summed E-state index contributed by atoms with van der Waals surface area (Å²) < 4.78 is 20.0. The van der Waals surface area contributed by atoms with Gasteiger partial charge in [-0.2, -0.15) is 0 Å². The quantitative estimate of drug-likeness (QED) is 0.808. The summed E-state index contributed by atoms with van der Waals surface area (Å²) in [4.78, 5) is 0.157. The predicted molar refractivity (Wildman–Crippen MR) is 81.5 cm³/mol. The smallest absolute Gasteiger partial charge is 0.184 e. The van der Waals surface area contributed by atoms with Crippen LogP contribution in [0.3, 0.4) is 0 Å². The Bertz CT molecular complexity index is 651. The molecular weight excluding hydrogens is 353 g/mol. The normalized spacial score (nSPS) is 10.3. The second kappa shape index (κ2) is 5.86. The average molecular weight is 361 g/mol. The lowest BCUT2D eigenvalue weighted by Gasteiger charge is -2.12. The maximum atomic E-state index is 13.8. The van der Waals surface area contributed by atoms with E-state index < -0.39 is 5.82 Å². The van der Waals surface area contributed by atoms with E-state index in [4.69, 9.17) is 34.3 Å². The summed E-state index contributed by atoms with van der Waals surface area (Å²) >= 11 is 14.0. The van der Waals surface area contributed by atoms with Crippen molar-refractivity contribution in [3.05, 3.63) is 57.3 Å². The molecule has 98 valence electrons. The lowest BCUT2D eigenvalue weighted by Crippen LogP contribution is -2.11. The molecule has 0 aromatic heterocycles. The van der Waals surface area contributed by atoms with Gasteiger partial charge in [-0.15, -0.1) is 0 Å². The topological polar surface area (TPSA) is 35.2 Å². The first-order chi connectivity index (χ1) is 9.00. The molecule has 2 N–H and O–H groups in total. The first-order valence-corrected chi connectivity index (χ1v) is 6.79. The van der Waals surface area contributed by atoms with Crippen LogP contribution in [0.25, 0.3) is 0 Å². The number of rotatable bonds is 3.